The van der Waals surface area contributed by atoms with Gasteiger partial charge in [-0.05, 0) is 76.2 Å². The molecule has 2 aromatic heterocycles. The molecule has 0 spiro atoms. The summed E-state index contributed by atoms with van der Waals surface area (Å²) < 4.78 is 20.7. The molecule has 1 aromatic carbocycles. The Bertz CT molecular complexity index is 1170. The first kappa shape index (κ1) is 26.0. The molecule has 0 atom stereocenters. The van der Waals surface area contributed by atoms with Crippen LogP contribution in [0.2, 0.25) is 0 Å². The number of hydrogen-bond acceptors (Lipinski definition) is 10. The zero-order valence-corrected chi connectivity index (χ0v) is 20.1. The number of carbonyl (C=O) groups is 4. The largest absolute Gasteiger partial charge is 0.458 e. The van der Waals surface area contributed by atoms with E-state index in [0.717, 1.165) is 0 Å². The number of esters is 4. The standard InChI is InChI=1S/C26H24N2O8/c1-15(2)33-23(29)19-7-5-9-21(27-19)25(31)35-17-11-13-18(14-12-17)36-26(32)22-10-6-8-20(28-22)24(30)34-16(3)4/h5-16H,1-4H3. The second-order valence-corrected chi connectivity index (χ2v) is 7.97. The van der Waals surface area contributed by atoms with Crippen molar-refractivity contribution in [1.29, 1.82) is 0 Å². The third-order valence-electron chi connectivity index (χ3n) is 4.27. The summed E-state index contributed by atoms with van der Waals surface area (Å²) in [7, 11) is 0. The Morgan fingerprint density at radius 2 is 0.833 bits per heavy atom. The molecule has 0 amide bonds. The average molecular weight is 492 g/mol. The smallest absolute Gasteiger partial charge is 0.362 e. The summed E-state index contributed by atoms with van der Waals surface area (Å²) in [6.45, 7) is 6.81. The summed E-state index contributed by atoms with van der Waals surface area (Å²) >= 11 is 0. The molecule has 186 valence electrons. The maximum Gasteiger partial charge on any atom is 0.362 e. The van der Waals surface area contributed by atoms with E-state index in [4.69, 9.17) is 18.9 Å². The Labute approximate surface area is 207 Å². The van der Waals surface area contributed by atoms with Gasteiger partial charge in [0.15, 0.2) is 0 Å². The fourth-order valence-corrected chi connectivity index (χ4v) is 2.77. The minimum Gasteiger partial charge on any atom is -0.458 e. The van der Waals surface area contributed by atoms with Gasteiger partial charge in [0.05, 0.1) is 12.2 Å². The molecule has 0 aliphatic carbocycles. The van der Waals surface area contributed by atoms with Crippen LogP contribution in [0.25, 0.3) is 0 Å². The molecule has 0 saturated heterocycles. The quantitative estimate of drug-likeness (QED) is 0.335. The van der Waals surface area contributed by atoms with E-state index in [-0.39, 0.29) is 46.5 Å². The molecule has 0 bridgehead atoms. The number of rotatable bonds is 8. The second kappa shape index (κ2) is 11.7. The highest BCUT2D eigenvalue weighted by atomic mass is 16.6. The number of aromatic nitrogens is 2. The van der Waals surface area contributed by atoms with Crippen molar-refractivity contribution in [2.75, 3.05) is 0 Å². The van der Waals surface area contributed by atoms with Gasteiger partial charge in [0, 0.05) is 0 Å². The molecule has 0 fully saturated rings. The van der Waals surface area contributed by atoms with Crippen LogP contribution in [-0.4, -0.2) is 46.1 Å². The third-order valence-corrected chi connectivity index (χ3v) is 4.27. The topological polar surface area (TPSA) is 131 Å². The number of carbonyl (C=O) groups excluding carboxylic acids is 4. The van der Waals surface area contributed by atoms with E-state index in [1.165, 1.54) is 60.7 Å². The normalized spacial score (nSPS) is 10.6. The summed E-state index contributed by atoms with van der Waals surface area (Å²) in [4.78, 5) is 56.9. The van der Waals surface area contributed by atoms with Crippen LogP contribution in [0, 0.1) is 0 Å². The maximum absolute atomic E-state index is 12.4. The molecule has 0 unspecified atom stereocenters. The fourth-order valence-electron chi connectivity index (χ4n) is 2.77. The number of hydrogen-bond donors (Lipinski definition) is 0. The minimum absolute atomic E-state index is 0.0180. The Morgan fingerprint density at radius 3 is 1.14 bits per heavy atom. The van der Waals surface area contributed by atoms with Crippen LogP contribution >= 0.6 is 0 Å². The third kappa shape index (κ3) is 7.20. The predicted molar refractivity (Wildman–Crippen MR) is 126 cm³/mol. The molecule has 0 N–H and O–H groups in total. The second-order valence-electron chi connectivity index (χ2n) is 7.97. The molecular weight excluding hydrogens is 468 g/mol. The van der Waals surface area contributed by atoms with Crippen molar-refractivity contribution in [3.63, 3.8) is 0 Å². The fraction of sp³-hybridized carbons (Fsp3) is 0.231. The van der Waals surface area contributed by atoms with Crippen LogP contribution in [0.15, 0.2) is 60.7 Å². The highest BCUT2D eigenvalue weighted by Crippen LogP contribution is 2.20. The van der Waals surface area contributed by atoms with E-state index in [1.54, 1.807) is 27.7 Å². The average Bonchev–Trinajstić information content (AvgIpc) is 2.84. The molecule has 10 heteroatoms. The Hall–Kier alpha value is -4.60. The van der Waals surface area contributed by atoms with Crippen molar-refractivity contribution in [3.8, 4) is 11.5 Å². The van der Waals surface area contributed by atoms with Gasteiger partial charge in [0.2, 0.25) is 0 Å². The molecule has 10 nitrogen and oxygen atoms in total. The van der Waals surface area contributed by atoms with Crippen molar-refractivity contribution >= 4 is 23.9 Å². The molecular formula is C26H24N2O8. The van der Waals surface area contributed by atoms with E-state index in [1.807, 2.05) is 0 Å². The van der Waals surface area contributed by atoms with Crippen LogP contribution in [0.5, 0.6) is 11.5 Å². The number of pyridine rings is 2. The van der Waals surface area contributed by atoms with E-state index >= 15 is 0 Å². The zero-order chi connectivity index (χ0) is 26.2. The summed E-state index contributed by atoms with van der Waals surface area (Å²) in [6, 6.07) is 14.3. The van der Waals surface area contributed by atoms with Crippen LogP contribution in [0.4, 0.5) is 0 Å². The maximum atomic E-state index is 12.4. The Kier molecular flexibility index (Phi) is 8.45. The van der Waals surface area contributed by atoms with Gasteiger partial charge in [-0.15, -0.1) is 0 Å². The molecule has 0 aliphatic heterocycles. The van der Waals surface area contributed by atoms with Crippen LogP contribution in [0.3, 0.4) is 0 Å². The van der Waals surface area contributed by atoms with Crippen LogP contribution < -0.4 is 9.47 Å². The van der Waals surface area contributed by atoms with Gasteiger partial charge in [0.25, 0.3) is 0 Å². The molecule has 36 heavy (non-hydrogen) atoms. The first-order chi connectivity index (χ1) is 17.1. The number of benzene rings is 1. The van der Waals surface area contributed by atoms with Gasteiger partial charge < -0.3 is 18.9 Å². The molecule has 2 heterocycles. The van der Waals surface area contributed by atoms with Crippen LogP contribution in [0.1, 0.15) is 69.6 Å². The van der Waals surface area contributed by atoms with Crippen molar-refractivity contribution in [3.05, 3.63) is 83.4 Å². The van der Waals surface area contributed by atoms with E-state index in [9.17, 15) is 19.2 Å². The van der Waals surface area contributed by atoms with Crippen LogP contribution in [-0.2, 0) is 9.47 Å². The lowest BCUT2D eigenvalue weighted by atomic mass is 10.3. The van der Waals surface area contributed by atoms with Crippen molar-refractivity contribution < 1.29 is 38.1 Å². The first-order valence-corrected chi connectivity index (χ1v) is 11.0. The Morgan fingerprint density at radius 1 is 0.528 bits per heavy atom. The summed E-state index contributed by atoms with van der Waals surface area (Å²) in [6.07, 6.45) is -0.660. The predicted octanol–water partition coefficient (Wildman–Crippen LogP) is 4.05. The van der Waals surface area contributed by atoms with E-state index in [0.29, 0.717) is 0 Å². The molecule has 0 aliphatic rings. The van der Waals surface area contributed by atoms with Gasteiger partial charge in [-0.3, -0.25) is 0 Å². The highest BCUT2D eigenvalue weighted by molar-refractivity contribution is 5.93. The van der Waals surface area contributed by atoms with Gasteiger partial charge in [-0.25, -0.2) is 29.1 Å². The van der Waals surface area contributed by atoms with E-state index < -0.39 is 23.9 Å². The van der Waals surface area contributed by atoms with Gasteiger partial charge in [-0.1, -0.05) is 12.1 Å². The zero-order valence-electron chi connectivity index (χ0n) is 20.1. The molecule has 0 saturated carbocycles. The lowest BCUT2D eigenvalue weighted by Crippen LogP contribution is -2.17. The lowest BCUT2D eigenvalue weighted by Gasteiger charge is -2.09. The van der Waals surface area contributed by atoms with E-state index in [2.05, 4.69) is 9.97 Å². The summed E-state index contributed by atoms with van der Waals surface area (Å²) in [5.41, 5.74) is -0.192. The van der Waals surface area contributed by atoms with Gasteiger partial charge in [-0.2, -0.15) is 0 Å². The summed E-state index contributed by atoms with van der Waals surface area (Å²) in [5, 5.41) is 0. The number of nitrogens with zero attached hydrogens (tertiary/aromatic N) is 2. The summed E-state index contributed by atoms with van der Waals surface area (Å²) in [5.74, 6) is -2.55. The molecule has 3 rings (SSSR count). The van der Waals surface area contributed by atoms with Gasteiger partial charge in [0.1, 0.15) is 34.3 Å². The molecule has 3 aromatic rings. The van der Waals surface area contributed by atoms with Crippen molar-refractivity contribution in [2.45, 2.75) is 39.9 Å². The monoisotopic (exact) mass is 492 g/mol. The van der Waals surface area contributed by atoms with Crippen molar-refractivity contribution in [2.24, 2.45) is 0 Å². The SMILES string of the molecule is CC(C)OC(=O)c1cccc(C(=O)Oc2ccc(OC(=O)c3cccc(C(=O)OC(C)C)n3)cc2)n1. The minimum atomic E-state index is -0.784. The van der Waals surface area contributed by atoms with Crippen molar-refractivity contribution in [1.82, 2.24) is 9.97 Å². The Balaban J connectivity index is 1.63. The number of ether oxygens (including phenoxy) is 4. The molecule has 0 radical (unpaired) electrons. The van der Waals surface area contributed by atoms with Gasteiger partial charge >= 0.3 is 23.9 Å². The highest BCUT2D eigenvalue weighted by Gasteiger charge is 2.18. The lowest BCUT2D eigenvalue weighted by molar-refractivity contribution is 0.0359. The first-order valence-electron chi connectivity index (χ1n) is 11.0.